The van der Waals surface area contributed by atoms with E-state index >= 15 is 0 Å². The lowest BCUT2D eigenvalue weighted by atomic mass is 9.78. The van der Waals surface area contributed by atoms with Crippen molar-refractivity contribution in [2.45, 2.75) is 13.3 Å². The summed E-state index contributed by atoms with van der Waals surface area (Å²) < 4.78 is 26.3. The van der Waals surface area contributed by atoms with Gasteiger partial charge in [0.15, 0.2) is 5.78 Å². The SMILES string of the molecule is CCC(=O)c1cc(F)c(B(O)O)c(F)c1. The van der Waals surface area contributed by atoms with Gasteiger partial charge in [-0.1, -0.05) is 6.92 Å². The van der Waals surface area contributed by atoms with Gasteiger partial charge in [0.05, 0.1) is 5.46 Å². The number of Topliss-reactive ketones (excluding diaryl/α,β-unsaturated/α-hetero) is 1. The Morgan fingerprint density at radius 2 is 1.80 bits per heavy atom. The quantitative estimate of drug-likeness (QED) is 0.559. The molecular formula is C9H9BF2O3. The molecule has 3 nitrogen and oxygen atoms in total. The van der Waals surface area contributed by atoms with Crippen LogP contribution in [0.3, 0.4) is 0 Å². The highest BCUT2D eigenvalue weighted by Crippen LogP contribution is 2.09. The van der Waals surface area contributed by atoms with Gasteiger partial charge < -0.3 is 10.0 Å². The second-order valence-electron chi connectivity index (χ2n) is 3.00. The Balaban J connectivity index is 3.25. The summed E-state index contributed by atoms with van der Waals surface area (Å²) in [7, 11) is -2.23. The van der Waals surface area contributed by atoms with Gasteiger partial charge in [0, 0.05) is 12.0 Å². The zero-order valence-electron chi connectivity index (χ0n) is 8.00. The lowest BCUT2D eigenvalue weighted by Gasteiger charge is -2.05. The van der Waals surface area contributed by atoms with Crippen molar-refractivity contribution in [3.8, 4) is 0 Å². The fraction of sp³-hybridized carbons (Fsp3) is 0.222. The van der Waals surface area contributed by atoms with Crippen LogP contribution in [0.4, 0.5) is 8.78 Å². The molecule has 0 radical (unpaired) electrons. The average Bonchev–Trinajstić information content (AvgIpc) is 2.14. The van der Waals surface area contributed by atoms with Crippen LogP contribution in [-0.4, -0.2) is 22.9 Å². The molecule has 0 aliphatic heterocycles. The van der Waals surface area contributed by atoms with Crippen LogP contribution in [0.2, 0.25) is 0 Å². The monoisotopic (exact) mass is 214 g/mol. The predicted molar refractivity (Wildman–Crippen MR) is 50.8 cm³/mol. The van der Waals surface area contributed by atoms with Crippen LogP contribution in [0.25, 0.3) is 0 Å². The minimum Gasteiger partial charge on any atom is -0.423 e. The molecule has 0 unspecified atom stereocenters. The normalized spacial score (nSPS) is 10.2. The van der Waals surface area contributed by atoms with Gasteiger partial charge in [-0.05, 0) is 12.1 Å². The summed E-state index contributed by atoms with van der Waals surface area (Å²) in [5, 5.41) is 17.3. The van der Waals surface area contributed by atoms with E-state index in [1.165, 1.54) is 0 Å². The molecule has 0 bridgehead atoms. The highest BCUT2D eigenvalue weighted by atomic mass is 19.1. The molecule has 0 spiro atoms. The first-order chi connectivity index (χ1) is 6.97. The van der Waals surface area contributed by atoms with Crippen molar-refractivity contribution >= 4 is 18.4 Å². The van der Waals surface area contributed by atoms with E-state index in [0.29, 0.717) is 0 Å². The van der Waals surface area contributed by atoms with Gasteiger partial charge in [0.1, 0.15) is 11.6 Å². The Kier molecular flexibility index (Phi) is 3.54. The van der Waals surface area contributed by atoms with Gasteiger partial charge in [-0.2, -0.15) is 0 Å². The van der Waals surface area contributed by atoms with Crippen molar-refractivity contribution in [3.05, 3.63) is 29.3 Å². The summed E-state index contributed by atoms with van der Waals surface area (Å²) in [5.74, 6) is -2.68. The summed E-state index contributed by atoms with van der Waals surface area (Å²) >= 11 is 0. The molecule has 1 rings (SSSR count). The maximum atomic E-state index is 13.1. The van der Waals surface area contributed by atoms with Crippen LogP contribution in [0, 0.1) is 11.6 Å². The Morgan fingerprint density at radius 3 is 2.13 bits per heavy atom. The van der Waals surface area contributed by atoms with Crippen LogP contribution in [-0.2, 0) is 0 Å². The molecule has 0 aliphatic rings. The van der Waals surface area contributed by atoms with Gasteiger partial charge in [-0.25, -0.2) is 8.78 Å². The smallest absolute Gasteiger partial charge is 0.423 e. The van der Waals surface area contributed by atoms with E-state index in [9.17, 15) is 13.6 Å². The highest BCUT2D eigenvalue weighted by molar-refractivity contribution is 6.58. The molecule has 0 aromatic heterocycles. The second-order valence-corrected chi connectivity index (χ2v) is 3.00. The van der Waals surface area contributed by atoms with Crippen molar-refractivity contribution in [2.24, 2.45) is 0 Å². The van der Waals surface area contributed by atoms with E-state index in [1.807, 2.05) is 0 Å². The zero-order valence-corrected chi connectivity index (χ0v) is 8.00. The topological polar surface area (TPSA) is 57.5 Å². The molecule has 0 heterocycles. The first-order valence-corrected chi connectivity index (χ1v) is 4.35. The second kappa shape index (κ2) is 4.50. The van der Waals surface area contributed by atoms with Crippen LogP contribution in [0.15, 0.2) is 12.1 Å². The lowest BCUT2D eigenvalue weighted by molar-refractivity contribution is 0.0987. The summed E-state index contributed by atoms with van der Waals surface area (Å²) in [6.45, 7) is 1.56. The molecular weight excluding hydrogens is 205 g/mol. The Bertz CT molecular complexity index is 370. The number of hydrogen-bond donors (Lipinski definition) is 2. The third kappa shape index (κ3) is 2.40. The van der Waals surface area contributed by atoms with E-state index in [0.717, 1.165) is 12.1 Å². The number of rotatable bonds is 3. The lowest BCUT2D eigenvalue weighted by Crippen LogP contribution is -2.36. The molecule has 15 heavy (non-hydrogen) atoms. The van der Waals surface area contributed by atoms with Crippen molar-refractivity contribution in [2.75, 3.05) is 0 Å². The minimum atomic E-state index is -2.23. The molecule has 1 aromatic rings. The van der Waals surface area contributed by atoms with Crippen molar-refractivity contribution in [1.29, 1.82) is 0 Å². The van der Waals surface area contributed by atoms with Gasteiger partial charge in [-0.3, -0.25) is 4.79 Å². The molecule has 0 saturated heterocycles. The van der Waals surface area contributed by atoms with Gasteiger partial charge in [0.25, 0.3) is 0 Å². The van der Waals surface area contributed by atoms with Crippen LogP contribution in [0.1, 0.15) is 23.7 Å². The molecule has 0 amide bonds. The average molecular weight is 214 g/mol. The van der Waals surface area contributed by atoms with Crippen molar-refractivity contribution in [3.63, 3.8) is 0 Å². The van der Waals surface area contributed by atoms with Gasteiger partial charge in [-0.15, -0.1) is 0 Å². The third-order valence-corrected chi connectivity index (χ3v) is 1.98. The largest absolute Gasteiger partial charge is 0.494 e. The fourth-order valence-corrected chi connectivity index (χ4v) is 1.20. The highest BCUT2D eigenvalue weighted by Gasteiger charge is 2.23. The van der Waals surface area contributed by atoms with E-state index in [-0.39, 0.29) is 12.0 Å². The molecule has 0 fully saturated rings. The van der Waals surface area contributed by atoms with Crippen molar-refractivity contribution in [1.82, 2.24) is 0 Å². The number of benzene rings is 1. The first kappa shape index (κ1) is 11.8. The molecule has 2 N–H and O–H groups in total. The summed E-state index contributed by atoms with van der Waals surface area (Å²) in [4.78, 5) is 11.1. The summed E-state index contributed by atoms with van der Waals surface area (Å²) in [6.07, 6.45) is 0.125. The standard InChI is InChI=1S/C9H9BF2O3/c1-2-8(13)5-3-6(11)9(10(14)15)7(12)4-5/h3-4,14-15H,2H2,1H3. The Labute approximate surface area is 85.5 Å². The van der Waals surface area contributed by atoms with Crippen LogP contribution < -0.4 is 5.46 Å². The summed E-state index contributed by atoms with van der Waals surface area (Å²) in [5.41, 5.74) is -0.959. The predicted octanol–water partition coefficient (Wildman–Crippen LogP) is 0.237. The number of carbonyl (C=O) groups is 1. The van der Waals surface area contributed by atoms with Crippen molar-refractivity contribution < 1.29 is 23.6 Å². The molecule has 80 valence electrons. The van der Waals surface area contributed by atoms with Gasteiger partial charge in [0.2, 0.25) is 0 Å². The maximum Gasteiger partial charge on any atom is 0.494 e. The molecule has 1 aromatic carbocycles. The number of ketones is 1. The van der Waals surface area contributed by atoms with E-state index in [1.54, 1.807) is 6.92 Å². The molecule has 6 heteroatoms. The Hall–Kier alpha value is -1.27. The van der Waals surface area contributed by atoms with E-state index in [4.69, 9.17) is 10.0 Å². The first-order valence-electron chi connectivity index (χ1n) is 4.35. The molecule has 0 atom stereocenters. The van der Waals surface area contributed by atoms with Crippen LogP contribution in [0.5, 0.6) is 0 Å². The Morgan fingerprint density at radius 1 is 1.33 bits per heavy atom. The maximum absolute atomic E-state index is 13.1. The van der Waals surface area contributed by atoms with E-state index < -0.39 is 30.0 Å². The number of carbonyl (C=O) groups excluding carboxylic acids is 1. The molecule has 0 aliphatic carbocycles. The zero-order chi connectivity index (χ0) is 11.6. The third-order valence-electron chi connectivity index (χ3n) is 1.98. The van der Waals surface area contributed by atoms with E-state index in [2.05, 4.69) is 0 Å². The molecule has 0 saturated carbocycles. The van der Waals surface area contributed by atoms with Crippen LogP contribution >= 0.6 is 0 Å². The van der Waals surface area contributed by atoms with Gasteiger partial charge >= 0.3 is 7.12 Å². The number of hydrogen-bond acceptors (Lipinski definition) is 3. The fourth-order valence-electron chi connectivity index (χ4n) is 1.20. The summed E-state index contributed by atoms with van der Waals surface area (Å²) in [6, 6.07) is 1.59. The number of halogens is 2. The minimum absolute atomic E-state index is 0.114.